The molecule has 0 bridgehead atoms. The van der Waals surface area contributed by atoms with E-state index in [2.05, 4.69) is 15.0 Å². The van der Waals surface area contributed by atoms with Crippen molar-refractivity contribution in [3.8, 4) is 11.3 Å². The van der Waals surface area contributed by atoms with Crippen molar-refractivity contribution in [2.75, 3.05) is 12.4 Å². The normalized spacial score (nSPS) is 11.3. The lowest BCUT2D eigenvalue weighted by molar-refractivity contribution is -0.140. The number of alkyl halides is 3. The number of carbonyl (C=O) groups excluding carboxylic acids is 2. The van der Waals surface area contributed by atoms with Crippen LogP contribution in [0.25, 0.3) is 11.3 Å². The molecule has 0 spiro atoms. The second-order valence-electron chi connectivity index (χ2n) is 5.18. The second-order valence-corrected chi connectivity index (χ2v) is 5.55. The number of benzene rings is 1. The van der Waals surface area contributed by atoms with Crippen LogP contribution in [0.4, 0.5) is 27.6 Å². The van der Waals surface area contributed by atoms with Crippen LogP contribution in [0.1, 0.15) is 23.0 Å². The Morgan fingerprint density at radius 1 is 1.19 bits per heavy atom. The molecule has 1 aromatic heterocycles. The van der Waals surface area contributed by atoms with E-state index in [1.165, 1.54) is 0 Å². The molecular formula is C16H10ClF5N2O3. The van der Waals surface area contributed by atoms with Crippen LogP contribution in [0.5, 0.6) is 0 Å². The van der Waals surface area contributed by atoms with Crippen molar-refractivity contribution in [1.82, 2.24) is 4.98 Å². The van der Waals surface area contributed by atoms with Gasteiger partial charge in [0.2, 0.25) is 5.91 Å². The topological polar surface area (TPSA) is 68.3 Å². The fraction of sp³-hybridized carbons (Fsp3) is 0.188. The zero-order valence-corrected chi connectivity index (χ0v) is 14.4. The lowest BCUT2D eigenvalue weighted by Gasteiger charge is -2.14. The zero-order valence-electron chi connectivity index (χ0n) is 13.7. The minimum Gasteiger partial charge on any atom is -0.464 e. The smallest absolute Gasteiger partial charge is 0.419 e. The average Bonchev–Trinajstić information content (AvgIpc) is 2.57. The highest BCUT2D eigenvalue weighted by Crippen LogP contribution is 2.37. The summed E-state index contributed by atoms with van der Waals surface area (Å²) in [6.45, 7) is 1.12. The Hall–Kier alpha value is -2.75. The number of pyridine rings is 1. The zero-order chi connectivity index (χ0) is 20.5. The van der Waals surface area contributed by atoms with Crippen molar-refractivity contribution < 1.29 is 36.3 Å². The third-order valence-electron chi connectivity index (χ3n) is 3.31. The maximum absolute atomic E-state index is 14.2. The number of ether oxygens (including phenoxy) is 1. The number of aromatic nitrogens is 1. The summed E-state index contributed by atoms with van der Waals surface area (Å²) in [4.78, 5) is 26.8. The molecule has 5 nitrogen and oxygen atoms in total. The summed E-state index contributed by atoms with van der Waals surface area (Å²) < 4.78 is 70.6. The van der Waals surface area contributed by atoms with Gasteiger partial charge in [0, 0.05) is 12.5 Å². The van der Waals surface area contributed by atoms with Gasteiger partial charge in [0.1, 0.15) is 0 Å². The van der Waals surface area contributed by atoms with Gasteiger partial charge in [0.25, 0.3) is 0 Å². The standard InChI is InChI=1S/C16H10ClF5N2O3/c1-6(25)23-10-5-9(24-14(11(10)17)15(26)27-2)7-3-4-8(16(20,21)22)13(19)12(7)18/h3-5H,1-2H3,(H,23,24,25). The maximum Gasteiger partial charge on any atom is 0.419 e. The van der Waals surface area contributed by atoms with Crippen LogP contribution in [0.15, 0.2) is 18.2 Å². The predicted molar refractivity (Wildman–Crippen MR) is 85.2 cm³/mol. The molecule has 0 atom stereocenters. The van der Waals surface area contributed by atoms with Crippen molar-refractivity contribution in [3.05, 3.63) is 46.1 Å². The van der Waals surface area contributed by atoms with Crippen molar-refractivity contribution in [3.63, 3.8) is 0 Å². The summed E-state index contributed by atoms with van der Waals surface area (Å²) in [7, 11) is 1.00. The highest BCUT2D eigenvalue weighted by atomic mass is 35.5. The third kappa shape index (κ3) is 4.16. The lowest BCUT2D eigenvalue weighted by atomic mass is 10.1. The number of hydrogen-bond donors (Lipinski definition) is 1. The summed E-state index contributed by atoms with van der Waals surface area (Å²) in [6.07, 6.45) is -5.10. The molecule has 0 saturated carbocycles. The molecule has 0 unspecified atom stereocenters. The Kier molecular flexibility index (Phi) is 5.69. The van der Waals surface area contributed by atoms with E-state index >= 15 is 0 Å². The van der Waals surface area contributed by atoms with E-state index in [0.29, 0.717) is 12.1 Å². The van der Waals surface area contributed by atoms with Gasteiger partial charge in [0.05, 0.1) is 29.1 Å². The van der Waals surface area contributed by atoms with Crippen LogP contribution < -0.4 is 5.32 Å². The number of esters is 1. The molecule has 11 heteroatoms. The lowest BCUT2D eigenvalue weighted by Crippen LogP contribution is -2.13. The first-order valence-corrected chi connectivity index (χ1v) is 7.47. The fourth-order valence-corrected chi connectivity index (χ4v) is 2.37. The number of anilines is 1. The van der Waals surface area contributed by atoms with E-state index in [4.69, 9.17) is 11.6 Å². The molecule has 27 heavy (non-hydrogen) atoms. The molecule has 1 aromatic carbocycles. The predicted octanol–water partition coefficient (Wildman–Crippen LogP) is 4.44. The molecule has 0 aliphatic heterocycles. The number of halogens is 6. The summed E-state index contributed by atoms with van der Waals surface area (Å²) in [5.74, 6) is -5.62. The molecule has 2 rings (SSSR count). The Balaban J connectivity index is 2.73. The van der Waals surface area contributed by atoms with Crippen molar-refractivity contribution in [1.29, 1.82) is 0 Å². The van der Waals surface area contributed by atoms with Crippen molar-refractivity contribution in [2.24, 2.45) is 0 Å². The third-order valence-corrected chi connectivity index (χ3v) is 3.69. The molecule has 0 saturated heterocycles. The molecule has 1 heterocycles. The summed E-state index contributed by atoms with van der Waals surface area (Å²) in [5.41, 5.74) is -3.63. The summed E-state index contributed by atoms with van der Waals surface area (Å²) in [5, 5.41) is 1.92. The monoisotopic (exact) mass is 408 g/mol. The molecule has 2 aromatic rings. The number of hydrogen-bond acceptors (Lipinski definition) is 4. The van der Waals surface area contributed by atoms with Crippen LogP contribution >= 0.6 is 11.6 Å². The van der Waals surface area contributed by atoms with Crippen LogP contribution in [0, 0.1) is 11.6 Å². The SMILES string of the molecule is COC(=O)c1nc(-c2ccc(C(F)(F)F)c(F)c2F)cc(NC(C)=O)c1Cl. The number of carbonyl (C=O) groups is 2. The highest BCUT2D eigenvalue weighted by molar-refractivity contribution is 6.36. The second kappa shape index (κ2) is 7.47. The molecular weight excluding hydrogens is 399 g/mol. The van der Waals surface area contributed by atoms with Crippen LogP contribution in [-0.4, -0.2) is 24.0 Å². The Morgan fingerprint density at radius 3 is 2.33 bits per heavy atom. The van der Waals surface area contributed by atoms with Gasteiger partial charge in [-0.2, -0.15) is 13.2 Å². The van der Waals surface area contributed by atoms with Crippen molar-refractivity contribution >= 4 is 29.2 Å². The Bertz CT molecular complexity index is 931. The van der Waals surface area contributed by atoms with E-state index in [-0.39, 0.29) is 10.7 Å². The molecule has 1 amide bonds. The number of rotatable bonds is 3. The van der Waals surface area contributed by atoms with Gasteiger partial charge >= 0.3 is 12.1 Å². The van der Waals surface area contributed by atoms with E-state index in [1.807, 2.05) is 0 Å². The maximum atomic E-state index is 14.2. The first-order chi connectivity index (χ1) is 12.5. The van der Waals surface area contributed by atoms with E-state index in [9.17, 15) is 31.5 Å². The Morgan fingerprint density at radius 2 is 1.81 bits per heavy atom. The van der Waals surface area contributed by atoms with Gasteiger partial charge in [-0.3, -0.25) is 4.79 Å². The highest BCUT2D eigenvalue weighted by Gasteiger charge is 2.36. The van der Waals surface area contributed by atoms with Crippen LogP contribution in [-0.2, 0) is 15.7 Å². The number of amides is 1. The minimum atomic E-state index is -5.10. The summed E-state index contributed by atoms with van der Waals surface area (Å²) >= 11 is 5.95. The first-order valence-electron chi connectivity index (χ1n) is 7.09. The van der Waals surface area contributed by atoms with Gasteiger partial charge in [-0.25, -0.2) is 18.6 Å². The van der Waals surface area contributed by atoms with E-state index in [0.717, 1.165) is 20.1 Å². The van der Waals surface area contributed by atoms with Crippen LogP contribution in [0.3, 0.4) is 0 Å². The van der Waals surface area contributed by atoms with E-state index in [1.54, 1.807) is 0 Å². The molecule has 1 N–H and O–H groups in total. The molecule has 0 aliphatic carbocycles. The van der Waals surface area contributed by atoms with E-state index < -0.39 is 52.2 Å². The average molecular weight is 409 g/mol. The largest absolute Gasteiger partial charge is 0.464 e. The molecule has 144 valence electrons. The quantitative estimate of drug-likeness (QED) is 0.602. The van der Waals surface area contributed by atoms with Gasteiger partial charge in [-0.15, -0.1) is 0 Å². The Labute approximate surface area is 154 Å². The number of methoxy groups -OCH3 is 1. The molecule has 0 radical (unpaired) electrons. The number of nitrogens with zero attached hydrogens (tertiary/aromatic N) is 1. The number of nitrogens with one attached hydrogen (secondary N) is 1. The molecule has 0 aliphatic rings. The minimum absolute atomic E-state index is 0.186. The van der Waals surface area contributed by atoms with Gasteiger partial charge in [0.15, 0.2) is 17.3 Å². The van der Waals surface area contributed by atoms with Gasteiger partial charge in [-0.1, -0.05) is 11.6 Å². The molecule has 0 fully saturated rings. The van der Waals surface area contributed by atoms with Gasteiger partial charge in [-0.05, 0) is 18.2 Å². The first kappa shape index (κ1) is 20.6. The summed E-state index contributed by atoms with van der Waals surface area (Å²) in [6, 6.07) is 1.97. The van der Waals surface area contributed by atoms with Crippen LogP contribution in [0.2, 0.25) is 5.02 Å². The van der Waals surface area contributed by atoms with Gasteiger partial charge < -0.3 is 10.1 Å². The fourth-order valence-electron chi connectivity index (χ4n) is 2.15. The van der Waals surface area contributed by atoms with Crippen molar-refractivity contribution in [2.45, 2.75) is 13.1 Å².